The molecular formula is C17H19ClO. The molecule has 2 heteroatoms. The van der Waals surface area contributed by atoms with Crippen LogP contribution in [0.1, 0.15) is 42.1 Å². The van der Waals surface area contributed by atoms with Crippen LogP contribution in [-0.4, -0.2) is 5.11 Å². The average Bonchev–Trinajstić information content (AvgIpc) is 2.42. The molecule has 100 valence electrons. The summed E-state index contributed by atoms with van der Waals surface area (Å²) < 4.78 is 0. The molecule has 2 atom stereocenters. The lowest BCUT2D eigenvalue weighted by Crippen LogP contribution is -2.03. The fraction of sp³-hybridized carbons (Fsp3) is 0.294. The minimum atomic E-state index is -0.478. The van der Waals surface area contributed by atoms with Crippen molar-refractivity contribution < 1.29 is 5.11 Å². The Balaban J connectivity index is 2.08. The Morgan fingerprint density at radius 2 is 1.74 bits per heavy atom. The van der Waals surface area contributed by atoms with Crippen LogP contribution in [-0.2, 0) is 0 Å². The van der Waals surface area contributed by atoms with Crippen LogP contribution in [0.2, 0.25) is 5.02 Å². The molecule has 0 heterocycles. The van der Waals surface area contributed by atoms with Crippen molar-refractivity contribution in [1.82, 2.24) is 0 Å². The minimum Gasteiger partial charge on any atom is -0.388 e. The normalized spacial score (nSPS) is 14.1. The second-order valence-electron chi connectivity index (χ2n) is 5.07. The molecular weight excluding hydrogens is 256 g/mol. The third kappa shape index (κ3) is 3.59. The lowest BCUT2D eigenvalue weighted by molar-refractivity contribution is 0.159. The highest BCUT2D eigenvalue weighted by atomic mass is 35.5. The van der Waals surface area contributed by atoms with Crippen molar-refractivity contribution in [3.05, 3.63) is 70.2 Å². The largest absolute Gasteiger partial charge is 0.388 e. The predicted octanol–water partition coefficient (Wildman–Crippen LogP) is 4.88. The minimum absolute atomic E-state index is 0.316. The molecule has 0 aliphatic carbocycles. The number of hydrogen-bond acceptors (Lipinski definition) is 1. The van der Waals surface area contributed by atoms with Crippen molar-refractivity contribution in [2.75, 3.05) is 0 Å². The topological polar surface area (TPSA) is 20.2 Å². The number of halogens is 1. The molecule has 0 spiro atoms. The van der Waals surface area contributed by atoms with Gasteiger partial charge in [0.05, 0.1) is 6.10 Å². The molecule has 0 radical (unpaired) electrons. The molecule has 0 saturated heterocycles. The van der Waals surface area contributed by atoms with Crippen molar-refractivity contribution in [3.63, 3.8) is 0 Å². The first-order chi connectivity index (χ1) is 9.08. The van der Waals surface area contributed by atoms with Gasteiger partial charge in [-0.05, 0) is 42.0 Å². The summed E-state index contributed by atoms with van der Waals surface area (Å²) in [6.07, 6.45) is 0.219. The van der Waals surface area contributed by atoms with E-state index in [9.17, 15) is 5.11 Å². The summed E-state index contributed by atoms with van der Waals surface area (Å²) in [6.45, 7) is 4.10. The van der Waals surface area contributed by atoms with E-state index in [0.717, 1.165) is 11.1 Å². The van der Waals surface area contributed by atoms with Gasteiger partial charge < -0.3 is 5.11 Å². The van der Waals surface area contributed by atoms with Gasteiger partial charge in [-0.3, -0.25) is 0 Å². The molecule has 0 saturated carbocycles. The van der Waals surface area contributed by atoms with E-state index >= 15 is 0 Å². The zero-order valence-corrected chi connectivity index (χ0v) is 12.1. The van der Waals surface area contributed by atoms with E-state index in [1.54, 1.807) is 0 Å². The van der Waals surface area contributed by atoms with Crippen LogP contribution in [0.15, 0.2) is 48.5 Å². The number of aryl methyl sites for hydroxylation is 1. The van der Waals surface area contributed by atoms with E-state index in [1.165, 1.54) is 5.56 Å². The maximum Gasteiger partial charge on any atom is 0.0796 e. The summed E-state index contributed by atoms with van der Waals surface area (Å²) in [6, 6.07) is 16.0. The molecule has 2 rings (SSSR count). The number of rotatable bonds is 4. The maximum absolute atomic E-state index is 10.3. The molecule has 1 N–H and O–H groups in total. The highest BCUT2D eigenvalue weighted by molar-refractivity contribution is 6.31. The zero-order chi connectivity index (χ0) is 13.8. The van der Waals surface area contributed by atoms with E-state index in [-0.39, 0.29) is 0 Å². The van der Waals surface area contributed by atoms with Crippen LogP contribution in [0, 0.1) is 6.92 Å². The van der Waals surface area contributed by atoms with E-state index in [2.05, 4.69) is 19.1 Å². The Bertz CT molecular complexity index is 536. The zero-order valence-electron chi connectivity index (χ0n) is 11.3. The van der Waals surface area contributed by atoms with E-state index in [1.807, 2.05) is 43.3 Å². The summed E-state index contributed by atoms with van der Waals surface area (Å²) in [7, 11) is 0. The molecule has 1 nitrogen and oxygen atoms in total. The van der Waals surface area contributed by atoms with Gasteiger partial charge in [0.2, 0.25) is 0 Å². The summed E-state index contributed by atoms with van der Waals surface area (Å²) in [4.78, 5) is 0. The van der Waals surface area contributed by atoms with Gasteiger partial charge in [0.25, 0.3) is 0 Å². The molecule has 0 bridgehead atoms. The third-order valence-electron chi connectivity index (χ3n) is 3.53. The first kappa shape index (κ1) is 14.1. The van der Waals surface area contributed by atoms with Crippen LogP contribution < -0.4 is 0 Å². The Hall–Kier alpha value is -1.31. The Labute approximate surface area is 119 Å². The predicted molar refractivity (Wildman–Crippen MR) is 80.6 cm³/mol. The van der Waals surface area contributed by atoms with Crippen LogP contribution >= 0.6 is 11.6 Å². The third-order valence-corrected chi connectivity index (χ3v) is 3.93. The molecule has 2 unspecified atom stereocenters. The molecule has 2 aromatic carbocycles. The van der Waals surface area contributed by atoms with Gasteiger partial charge in [-0.15, -0.1) is 0 Å². The molecule has 0 aromatic heterocycles. The van der Waals surface area contributed by atoms with Crippen molar-refractivity contribution in [2.45, 2.75) is 32.3 Å². The highest BCUT2D eigenvalue weighted by Gasteiger charge is 2.14. The van der Waals surface area contributed by atoms with Crippen LogP contribution in [0.25, 0.3) is 0 Å². The average molecular weight is 275 g/mol. The SMILES string of the molecule is Cc1ccc(C(O)CC(C)c2ccccc2)cc1Cl. The Morgan fingerprint density at radius 3 is 2.37 bits per heavy atom. The first-order valence-corrected chi connectivity index (χ1v) is 6.95. The van der Waals surface area contributed by atoms with Crippen molar-refractivity contribution >= 4 is 11.6 Å². The van der Waals surface area contributed by atoms with Crippen LogP contribution in [0.4, 0.5) is 0 Å². The quantitative estimate of drug-likeness (QED) is 0.843. The van der Waals surface area contributed by atoms with Crippen molar-refractivity contribution in [1.29, 1.82) is 0 Å². The highest BCUT2D eigenvalue weighted by Crippen LogP contribution is 2.29. The monoisotopic (exact) mass is 274 g/mol. The first-order valence-electron chi connectivity index (χ1n) is 6.57. The molecule has 0 aliphatic heterocycles. The van der Waals surface area contributed by atoms with Gasteiger partial charge in [-0.1, -0.05) is 61.0 Å². The van der Waals surface area contributed by atoms with Crippen LogP contribution in [0.5, 0.6) is 0 Å². The number of aliphatic hydroxyl groups is 1. The lowest BCUT2D eigenvalue weighted by atomic mass is 9.92. The number of hydrogen-bond donors (Lipinski definition) is 1. The summed E-state index contributed by atoms with van der Waals surface area (Å²) in [5.41, 5.74) is 3.17. The van der Waals surface area contributed by atoms with Gasteiger partial charge in [-0.25, -0.2) is 0 Å². The van der Waals surface area contributed by atoms with Gasteiger partial charge in [0, 0.05) is 5.02 Å². The van der Waals surface area contributed by atoms with Gasteiger partial charge >= 0.3 is 0 Å². The molecule has 0 aliphatic rings. The molecule has 19 heavy (non-hydrogen) atoms. The second-order valence-corrected chi connectivity index (χ2v) is 5.48. The van der Waals surface area contributed by atoms with Gasteiger partial charge in [0.1, 0.15) is 0 Å². The molecule has 0 fully saturated rings. The second kappa shape index (κ2) is 6.23. The fourth-order valence-corrected chi connectivity index (χ4v) is 2.39. The maximum atomic E-state index is 10.3. The summed E-state index contributed by atoms with van der Waals surface area (Å²) in [5, 5.41) is 11.0. The molecule has 2 aromatic rings. The van der Waals surface area contributed by atoms with E-state index in [0.29, 0.717) is 17.4 Å². The number of benzene rings is 2. The summed E-state index contributed by atoms with van der Waals surface area (Å²) >= 11 is 6.10. The van der Waals surface area contributed by atoms with Crippen molar-refractivity contribution in [3.8, 4) is 0 Å². The van der Waals surface area contributed by atoms with E-state index < -0.39 is 6.10 Å². The van der Waals surface area contributed by atoms with Crippen molar-refractivity contribution in [2.24, 2.45) is 0 Å². The number of aliphatic hydroxyl groups excluding tert-OH is 1. The lowest BCUT2D eigenvalue weighted by Gasteiger charge is -2.17. The summed E-state index contributed by atoms with van der Waals surface area (Å²) in [5.74, 6) is 0.316. The Kier molecular flexibility index (Phi) is 4.62. The van der Waals surface area contributed by atoms with Gasteiger partial charge in [-0.2, -0.15) is 0 Å². The Morgan fingerprint density at radius 1 is 1.05 bits per heavy atom. The fourth-order valence-electron chi connectivity index (χ4n) is 2.21. The molecule has 0 amide bonds. The smallest absolute Gasteiger partial charge is 0.0796 e. The standard InChI is InChI=1S/C17H19ClO/c1-12-8-9-15(11-16(12)18)17(19)10-13(2)14-6-4-3-5-7-14/h3-9,11,13,17,19H,10H2,1-2H3. The van der Waals surface area contributed by atoms with Crippen LogP contribution in [0.3, 0.4) is 0 Å². The van der Waals surface area contributed by atoms with E-state index in [4.69, 9.17) is 11.6 Å². The van der Waals surface area contributed by atoms with Gasteiger partial charge in [0.15, 0.2) is 0 Å².